The molecular formula is C34H52O4. The van der Waals surface area contributed by atoms with Crippen LogP contribution in [0, 0.1) is 50.2 Å². The van der Waals surface area contributed by atoms with Gasteiger partial charge in [-0.2, -0.15) is 0 Å². The normalized spacial score (nSPS) is 46.9. The Morgan fingerprint density at radius 3 is 2.34 bits per heavy atom. The number of hydrogen-bond acceptors (Lipinski definition) is 4. The van der Waals surface area contributed by atoms with Crippen molar-refractivity contribution in [2.45, 2.75) is 113 Å². The van der Waals surface area contributed by atoms with Crippen molar-refractivity contribution >= 4 is 11.9 Å². The molecule has 8 atom stereocenters. The lowest BCUT2D eigenvalue weighted by Crippen LogP contribution is -2.62. The van der Waals surface area contributed by atoms with Crippen molar-refractivity contribution < 1.29 is 19.1 Å². The molecule has 0 aromatic carbocycles. The topological polar surface area (TPSA) is 52.6 Å². The molecule has 0 aliphatic heterocycles. The Hall–Kier alpha value is -1.58. The van der Waals surface area contributed by atoms with Gasteiger partial charge in [-0.3, -0.25) is 4.79 Å². The van der Waals surface area contributed by atoms with E-state index in [-0.39, 0.29) is 34.2 Å². The van der Waals surface area contributed by atoms with E-state index in [9.17, 15) is 9.59 Å². The van der Waals surface area contributed by atoms with Crippen LogP contribution in [0.1, 0.15) is 113 Å². The van der Waals surface area contributed by atoms with Crippen LogP contribution in [-0.2, 0) is 19.1 Å². The number of allylic oxidation sites excluding steroid dienone is 4. The average molecular weight is 525 g/mol. The van der Waals surface area contributed by atoms with E-state index in [0.717, 1.165) is 31.6 Å². The van der Waals surface area contributed by atoms with Gasteiger partial charge in [0.25, 0.3) is 0 Å². The SMILES string of the molecule is CCOC(=O)COC(=O)[C@@]1(C)CC[C@]2(C)CC[C@]3(C)C(=CCC4[C@@]5(C)CC=CC(C)(C)C5CC[C@]43C)C2C1. The number of fused-ring (bicyclic) bond motifs is 7. The lowest BCUT2D eigenvalue weighted by atomic mass is 9.34. The Balaban J connectivity index is 1.45. The molecule has 3 fully saturated rings. The second-order valence-corrected chi connectivity index (χ2v) is 15.6. The van der Waals surface area contributed by atoms with Gasteiger partial charge < -0.3 is 9.47 Å². The van der Waals surface area contributed by atoms with Gasteiger partial charge in [0.05, 0.1) is 12.0 Å². The molecule has 4 nitrogen and oxygen atoms in total. The zero-order valence-electron chi connectivity index (χ0n) is 25.4. The van der Waals surface area contributed by atoms with Crippen LogP contribution >= 0.6 is 0 Å². The van der Waals surface area contributed by atoms with Crippen molar-refractivity contribution in [2.24, 2.45) is 50.2 Å². The van der Waals surface area contributed by atoms with Crippen molar-refractivity contribution in [1.29, 1.82) is 0 Å². The van der Waals surface area contributed by atoms with Crippen LogP contribution in [0.3, 0.4) is 0 Å². The van der Waals surface area contributed by atoms with Gasteiger partial charge in [0.15, 0.2) is 6.61 Å². The van der Waals surface area contributed by atoms with Crippen LogP contribution < -0.4 is 0 Å². The van der Waals surface area contributed by atoms with E-state index in [1.807, 2.05) is 0 Å². The first-order chi connectivity index (χ1) is 17.7. The molecule has 3 saturated carbocycles. The maximum atomic E-state index is 13.3. The number of hydrogen-bond donors (Lipinski definition) is 0. The molecule has 0 aromatic rings. The number of ether oxygens (including phenoxy) is 2. The minimum absolute atomic E-state index is 0.159. The van der Waals surface area contributed by atoms with E-state index >= 15 is 0 Å². The maximum Gasteiger partial charge on any atom is 0.344 e. The summed E-state index contributed by atoms with van der Waals surface area (Å²) in [5, 5.41) is 0. The lowest BCUT2D eigenvalue weighted by molar-refractivity contribution is -0.174. The number of carbonyl (C=O) groups excluding carboxylic acids is 2. The predicted octanol–water partition coefficient (Wildman–Crippen LogP) is 8.06. The van der Waals surface area contributed by atoms with Crippen LogP contribution in [0.15, 0.2) is 23.8 Å². The first kappa shape index (κ1) is 28.0. The Kier molecular flexibility index (Phi) is 6.60. The first-order valence-electron chi connectivity index (χ1n) is 15.4. The highest BCUT2D eigenvalue weighted by Gasteiger charge is 2.67. The fraction of sp³-hybridized carbons (Fsp3) is 0.824. The van der Waals surface area contributed by atoms with E-state index in [4.69, 9.17) is 9.47 Å². The summed E-state index contributed by atoms with van der Waals surface area (Å²) in [7, 11) is 0. The Morgan fingerprint density at radius 2 is 1.63 bits per heavy atom. The van der Waals surface area contributed by atoms with Crippen molar-refractivity contribution in [2.75, 3.05) is 13.2 Å². The fourth-order valence-corrected chi connectivity index (χ4v) is 10.6. The quantitative estimate of drug-likeness (QED) is 0.276. The summed E-state index contributed by atoms with van der Waals surface area (Å²) < 4.78 is 10.5. The molecule has 0 heterocycles. The molecule has 0 amide bonds. The summed E-state index contributed by atoms with van der Waals surface area (Å²) >= 11 is 0. The van der Waals surface area contributed by atoms with Gasteiger partial charge in [0, 0.05) is 0 Å². The molecule has 0 radical (unpaired) electrons. The molecule has 5 aliphatic rings. The van der Waals surface area contributed by atoms with E-state index in [1.54, 1.807) is 12.5 Å². The summed E-state index contributed by atoms with van der Waals surface area (Å²) in [6.45, 7) is 19.1. The predicted molar refractivity (Wildman–Crippen MR) is 151 cm³/mol. The summed E-state index contributed by atoms with van der Waals surface area (Å²) in [6.07, 6.45) is 17.8. The standard InChI is InChI=1S/C34H52O4/c1-9-37-27(35)22-38-28(36)31(5)18-17-30(4)19-20-33(7)23(24(30)21-31)11-12-26-32(6)15-10-14-29(2,3)25(32)13-16-34(26,33)8/h10-11,14,24-26H,9,12-13,15-22H2,1-8H3/t24?,25?,26?,30-,31+,32+,33-,34-/m1/s1. The van der Waals surface area contributed by atoms with Gasteiger partial charge in [-0.1, -0.05) is 65.3 Å². The van der Waals surface area contributed by atoms with Gasteiger partial charge in [-0.15, -0.1) is 0 Å². The third-order valence-electron chi connectivity index (χ3n) is 13.2. The van der Waals surface area contributed by atoms with Crippen molar-refractivity contribution in [3.8, 4) is 0 Å². The van der Waals surface area contributed by atoms with Gasteiger partial charge in [0.2, 0.25) is 0 Å². The first-order valence-corrected chi connectivity index (χ1v) is 15.4. The zero-order valence-corrected chi connectivity index (χ0v) is 25.4. The number of rotatable bonds is 4. The van der Waals surface area contributed by atoms with Crippen LogP contribution in [0.5, 0.6) is 0 Å². The van der Waals surface area contributed by atoms with Gasteiger partial charge in [0.1, 0.15) is 0 Å². The lowest BCUT2D eigenvalue weighted by Gasteiger charge is -2.70. The molecule has 0 spiro atoms. The Labute approximate surface area is 231 Å². The monoisotopic (exact) mass is 524 g/mol. The molecule has 4 heteroatoms. The highest BCUT2D eigenvalue weighted by molar-refractivity contribution is 5.80. The molecule has 0 N–H and O–H groups in total. The second-order valence-electron chi connectivity index (χ2n) is 15.6. The summed E-state index contributed by atoms with van der Waals surface area (Å²) in [5.74, 6) is 1.11. The van der Waals surface area contributed by atoms with Gasteiger partial charge >= 0.3 is 11.9 Å². The minimum Gasteiger partial charge on any atom is -0.463 e. The van der Waals surface area contributed by atoms with Crippen LogP contribution in [0.2, 0.25) is 0 Å². The van der Waals surface area contributed by atoms with Gasteiger partial charge in [-0.25, -0.2) is 4.79 Å². The molecular weight excluding hydrogens is 472 g/mol. The Morgan fingerprint density at radius 1 is 0.921 bits per heavy atom. The van der Waals surface area contributed by atoms with Crippen molar-refractivity contribution in [3.05, 3.63) is 23.8 Å². The molecule has 212 valence electrons. The van der Waals surface area contributed by atoms with Crippen molar-refractivity contribution in [3.63, 3.8) is 0 Å². The fourth-order valence-electron chi connectivity index (χ4n) is 10.6. The summed E-state index contributed by atoms with van der Waals surface area (Å²) in [5.41, 5.74) is 2.33. The summed E-state index contributed by atoms with van der Waals surface area (Å²) in [6, 6.07) is 0. The van der Waals surface area contributed by atoms with E-state index in [0.29, 0.717) is 23.9 Å². The molecule has 38 heavy (non-hydrogen) atoms. The van der Waals surface area contributed by atoms with Crippen LogP contribution in [0.4, 0.5) is 0 Å². The Bertz CT molecular complexity index is 1050. The maximum absolute atomic E-state index is 13.3. The average Bonchev–Trinajstić information content (AvgIpc) is 2.83. The smallest absolute Gasteiger partial charge is 0.344 e. The third-order valence-corrected chi connectivity index (χ3v) is 13.2. The molecule has 0 bridgehead atoms. The van der Waals surface area contributed by atoms with E-state index in [2.05, 4.69) is 66.7 Å². The second kappa shape index (κ2) is 8.96. The zero-order chi connectivity index (χ0) is 27.8. The van der Waals surface area contributed by atoms with Gasteiger partial charge in [-0.05, 0) is 116 Å². The van der Waals surface area contributed by atoms with E-state index in [1.165, 1.54) is 32.1 Å². The highest BCUT2D eigenvalue weighted by atomic mass is 16.6. The molecule has 0 aromatic heterocycles. The number of esters is 2. The molecule has 5 rings (SSSR count). The summed E-state index contributed by atoms with van der Waals surface area (Å²) in [4.78, 5) is 25.2. The minimum atomic E-state index is -0.560. The van der Waals surface area contributed by atoms with Crippen molar-refractivity contribution in [1.82, 2.24) is 0 Å². The van der Waals surface area contributed by atoms with Crippen LogP contribution in [-0.4, -0.2) is 25.2 Å². The molecule has 0 saturated heterocycles. The third kappa shape index (κ3) is 3.89. The molecule has 3 unspecified atom stereocenters. The largest absolute Gasteiger partial charge is 0.463 e. The van der Waals surface area contributed by atoms with Crippen LogP contribution in [0.25, 0.3) is 0 Å². The number of carbonyl (C=O) groups is 2. The highest BCUT2D eigenvalue weighted by Crippen LogP contribution is 2.75. The van der Waals surface area contributed by atoms with E-state index < -0.39 is 11.4 Å². The molecule has 5 aliphatic carbocycles.